The number of nitrogens with zero attached hydrogens (tertiary/aromatic N) is 2. The number of benzene rings is 1. The fourth-order valence-corrected chi connectivity index (χ4v) is 4.43. The van der Waals surface area contributed by atoms with Gasteiger partial charge in [0.25, 0.3) is 11.5 Å². The van der Waals surface area contributed by atoms with E-state index < -0.39 is 34.9 Å². The van der Waals surface area contributed by atoms with E-state index in [9.17, 15) is 24.3 Å². The van der Waals surface area contributed by atoms with Crippen molar-refractivity contribution in [3.05, 3.63) is 45.7 Å². The summed E-state index contributed by atoms with van der Waals surface area (Å²) in [6.45, 7) is 2.45. The smallest absolute Gasteiger partial charge is 0.329 e. The second-order valence-electron chi connectivity index (χ2n) is 8.84. The first kappa shape index (κ1) is 23.9. The van der Waals surface area contributed by atoms with Crippen molar-refractivity contribution in [2.75, 3.05) is 17.6 Å². The molecule has 1 aromatic carbocycles. The van der Waals surface area contributed by atoms with Gasteiger partial charge in [-0.15, -0.1) is 0 Å². The molecule has 12 nitrogen and oxygen atoms in total. The summed E-state index contributed by atoms with van der Waals surface area (Å²) in [5, 5.41) is 24.0. The molecule has 4 rings (SSSR count). The molecule has 0 radical (unpaired) electrons. The monoisotopic (exact) mass is 482 g/mol. The summed E-state index contributed by atoms with van der Waals surface area (Å²) in [6.07, 6.45) is 1.13. The van der Waals surface area contributed by atoms with Crippen LogP contribution >= 0.6 is 0 Å². The molecule has 0 bridgehead atoms. The van der Waals surface area contributed by atoms with Gasteiger partial charge in [-0.3, -0.25) is 19.4 Å². The number of carbonyl (C=O) groups excluding carboxylic acids is 1. The number of nitrogens with one attached hydrogen (secondary N) is 3. The van der Waals surface area contributed by atoms with Gasteiger partial charge in [-0.25, -0.2) is 9.79 Å². The van der Waals surface area contributed by atoms with Gasteiger partial charge in [0.15, 0.2) is 11.5 Å². The number of fused-ring (bicyclic) bond motifs is 1. The zero-order chi connectivity index (χ0) is 25.3. The number of amides is 1. The van der Waals surface area contributed by atoms with Gasteiger partial charge in [0, 0.05) is 17.2 Å². The van der Waals surface area contributed by atoms with E-state index in [-0.39, 0.29) is 36.0 Å². The van der Waals surface area contributed by atoms with Gasteiger partial charge < -0.3 is 26.6 Å². The number of H-pyrrole nitrogens is 1. The van der Waals surface area contributed by atoms with Crippen molar-refractivity contribution in [2.24, 2.45) is 10.9 Å². The number of carboxylic acids is 2. The molecule has 12 heteroatoms. The number of carboxylic acid groups (broad SMARTS) is 2. The number of aliphatic carboxylic acids is 2. The van der Waals surface area contributed by atoms with Crippen molar-refractivity contribution in [3.8, 4) is 0 Å². The van der Waals surface area contributed by atoms with Crippen molar-refractivity contribution < 1.29 is 24.6 Å². The molecule has 2 heterocycles. The van der Waals surface area contributed by atoms with Gasteiger partial charge in [0.05, 0.1) is 13.0 Å². The highest BCUT2D eigenvalue weighted by Crippen LogP contribution is 2.46. The highest BCUT2D eigenvalue weighted by molar-refractivity contribution is 5.99. The van der Waals surface area contributed by atoms with Crippen LogP contribution in [0.4, 0.5) is 17.5 Å². The van der Waals surface area contributed by atoms with Gasteiger partial charge in [-0.2, -0.15) is 4.98 Å². The molecule has 3 atom stereocenters. The van der Waals surface area contributed by atoms with Gasteiger partial charge in [0.1, 0.15) is 5.54 Å². The van der Waals surface area contributed by atoms with Crippen molar-refractivity contribution in [1.82, 2.24) is 15.3 Å². The maximum Gasteiger partial charge on any atom is 0.329 e. The molecule has 1 aromatic heterocycles. The van der Waals surface area contributed by atoms with Crippen molar-refractivity contribution in [2.45, 2.75) is 44.1 Å². The Labute approximate surface area is 199 Å². The van der Waals surface area contributed by atoms with Gasteiger partial charge >= 0.3 is 11.9 Å². The lowest BCUT2D eigenvalue weighted by atomic mass is 9.90. The molecule has 184 valence electrons. The predicted octanol–water partition coefficient (Wildman–Crippen LogP) is 1.48. The standard InChI is InChI=1S/C23H26N6O6/c1-2-11(7-15-10-25-18-17(26-15)20(33)28-22(24)27-18)12-3-5-13(6-4-12)19(32)29-23(21(34)35)9-14(23)8-16(30)31/h3-6,11,14H,2,7-10H2,1H3,(H,29,32)(H,30,31)(H,34,35)(H4,24,25,27,28,33). The Balaban J connectivity index is 1.45. The second kappa shape index (κ2) is 9.20. The van der Waals surface area contributed by atoms with Gasteiger partial charge in [-0.1, -0.05) is 19.1 Å². The minimum absolute atomic E-state index is 0.0174. The third-order valence-corrected chi connectivity index (χ3v) is 6.51. The summed E-state index contributed by atoms with van der Waals surface area (Å²) < 4.78 is 0. The second-order valence-corrected chi connectivity index (χ2v) is 8.84. The fourth-order valence-electron chi connectivity index (χ4n) is 4.43. The minimum Gasteiger partial charge on any atom is -0.481 e. The molecule has 3 unspecified atom stereocenters. The van der Waals surface area contributed by atoms with Crippen LogP contribution < -0.4 is 21.9 Å². The van der Waals surface area contributed by atoms with E-state index in [0.717, 1.165) is 17.7 Å². The number of aromatic nitrogens is 2. The van der Waals surface area contributed by atoms with E-state index in [1.54, 1.807) is 24.3 Å². The number of aliphatic imine (C=N–C) groups is 1. The van der Waals surface area contributed by atoms with Crippen molar-refractivity contribution >= 4 is 41.0 Å². The molecule has 35 heavy (non-hydrogen) atoms. The summed E-state index contributed by atoms with van der Waals surface area (Å²) >= 11 is 0. The number of nitrogens with two attached hydrogens (primary N) is 1. The zero-order valence-electron chi connectivity index (χ0n) is 19.0. The van der Waals surface area contributed by atoms with Crippen LogP contribution in [0.15, 0.2) is 34.1 Å². The maximum absolute atomic E-state index is 12.7. The lowest BCUT2D eigenvalue weighted by molar-refractivity contribution is -0.141. The summed E-state index contributed by atoms with van der Waals surface area (Å²) in [5.41, 5.74) is 5.83. The van der Waals surface area contributed by atoms with Crippen molar-refractivity contribution in [1.29, 1.82) is 0 Å². The summed E-state index contributed by atoms with van der Waals surface area (Å²) in [5.74, 6) is -3.11. The molecule has 1 aliphatic heterocycles. The Morgan fingerprint density at radius 1 is 1.26 bits per heavy atom. The average Bonchev–Trinajstić information content (AvgIpc) is 3.50. The number of aromatic amines is 1. The van der Waals surface area contributed by atoms with E-state index in [1.165, 1.54) is 0 Å². The Morgan fingerprint density at radius 2 is 1.97 bits per heavy atom. The molecule has 0 saturated heterocycles. The maximum atomic E-state index is 12.7. The van der Waals surface area contributed by atoms with E-state index in [1.807, 2.05) is 6.92 Å². The molecular formula is C23H26N6O6. The number of rotatable bonds is 9. The fraction of sp³-hybridized carbons (Fsp3) is 0.391. The average molecular weight is 482 g/mol. The number of nitrogen functional groups attached to an aromatic ring is 1. The Bertz CT molecular complexity index is 1270. The highest BCUT2D eigenvalue weighted by atomic mass is 16.4. The van der Waals surface area contributed by atoms with E-state index >= 15 is 0 Å². The highest BCUT2D eigenvalue weighted by Gasteiger charge is 2.62. The summed E-state index contributed by atoms with van der Waals surface area (Å²) in [4.78, 5) is 58.4. The number of hydrogen-bond donors (Lipinski definition) is 6. The predicted molar refractivity (Wildman–Crippen MR) is 127 cm³/mol. The topological polar surface area (TPSA) is 200 Å². The van der Waals surface area contributed by atoms with Gasteiger partial charge in [-0.05, 0) is 42.9 Å². The molecule has 1 fully saturated rings. The zero-order valence-corrected chi connectivity index (χ0v) is 19.0. The molecule has 1 amide bonds. The largest absolute Gasteiger partial charge is 0.481 e. The van der Waals surface area contributed by atoms with Crippen LogP contribution in [0.25, 0.3) is 0 Å². The van der Waals surface area contributed by atoms with E-state index in [2.05, 4.69) is 25.6 Å². The van der Waals surface area contributed by atoms with Crippen LogP contribution in [0, 0.1) is 5.92 Å². The first-order valence-corrected chi connectivity index (χ1v) is 11.2. The molecule has 1 aliphatic carbocycles. The molecule has 7 N–H and O–H groups in total. The molecule has 2 aromatic rings. The number of carbonyl (C=O) groups is 3. The lowest BCUT2D eigenvalue weighted by Crippen LogP contribution is -2.45. The third kappa shape index (κ3) is 4.86. The van der Waals surface area contributed by atoms with Crippen LogP contribution in [-0.2, 0) is 9.59 Å². The number of anilines is 2. The Hall–Kier alpha value is -4.22. The normalized spacial score (nSPS) is 21.2. The van der Waals surface area contributed by atoms with Crippen LogP contribution in [0.2, 0.25) is 0 Å². The molecule has 0 spiro atoms. The Morgan fingerprint density at radius 3 is 2.60 bits per heavy atom. The van der Waals surface area contributed by atoms with Crippen LogP contribution in [0.1, 0.15) is 54.4 Å². The SMILES string of the molecule is CCC(CC1=Nc2c(nc(N)[nH]c2=O)NC1)c1ccc(C(=O)NC2(C(=O)O)CC2CC(=O)O)cc1. The van der Waals surface area contributed by atoms with Crippen LogP contribution in [0.3, 0.4) is 0 Å². The third-order valence-electron chi connectivity index (χ3n) is 6.51. The molecule has 2 aliphatic rings. The lowest BCUT2D eigenvalue weighted by Gasteiger charge is -2.21. The first-order chi connectivity index (χ1) is 16.6. The minimum atomic E-state index is -1.54. The first-order valence-electron chi connectivity index (χ1n) is 11.2. The quantitative estimate of drug-likeness (QED) is 0.306. The van der Waals surface area contributed by atoms with Crippen LogP contribution in [0.5, 0.6) is 0 Å². The van der Waals surface area contributed by atoms with E-state index in [0.29, 0.717) is 18.8 Å². The number of hydrogen-bond acceptors (Lipinski definition) is 8. The Kier molecular flexibility index (Phi) is 6.29. The van der Waals surface area contributed by atoms with Crippen molar-refractivity contribution in [3.63, 3.8) is 0 Å². The van der Waals surface area contributed by atoms with Gasteiger partial charge in [0.2, 0.25) is 5.95 Å². The summed E-state index contributed by atoms with van der Waals surface area (Å²) in [6, 6.07) is 6.84. The summed E-state index contributed by atoms with van der Waals surface area (Å²) in [7, 11) is 0. The molecular weight excluding hydrogens is 456 g/mol. The molecule has 1 saturated carbocycles. The van der Waals surface area contributed by atoms with E-state index in [4.69, 9.17) is 10.8 Å². The van der Waals surface area contributed by atoms with Crippen LogP contribution in [-0.4, -0.2) is 55.8 Å².